The fourth-order valence-electron chi connectivity index (χ4n) is 1.62. The van der Waals surface area contributed by atoms with Gasteiger partial charge in [-0.3, -0.25) is 5.21 Å². The number of hydrogen-bond donors (Lipinski definition) is 1. The number of halogens is 1. The van der Waals surface area contributed by atoms with E-state index in [4.69, 9.17) is 16.0 Å². The lowest BCUT2D eigenvalue weighted by Crippen LogP contribution is -2.33. The molecular formula is C12H13ClNO2+. The number of nitrogens with zero attached hydrogens (tertiary/aromatic N) is 1. The predicted octanol–water partition coefficient (Wildman–Crippen LogP) is 3.05. The van der Waals surface area contributed by atoms with Gasteiger partial charge in [-0.2, -0.15) is 0 Å². The van der Waals surface area contributed by atoms with E-state index >= 15 is 0 Å². The van der Waals surface area contributed by atoms with Crippen molar-refractivity contribution in [3.05, 3.63) is 40.2 Å². The second-order valence-corrected chi connectivity index (χ2v) is 4.20. The summed E-state index contributed by atoms with van der Waals surface area (Å²) >= 11 is 6.11. The molecule has 0 aliphatic rings. The van der Waals surface area contributed by atoms with E-state index in [-0.39, 0.29) is 0 Å². The average Bonchev–Trinajstić information content (AvgIpc) is 2.47. The van der Waals surface area contributed by atoms with E-state index in [1.165, 1.54) is 0 Å². The molecule has 0 saturated heterocycles. The van der Waals surface area contributed by atoms with Gasteiger partial charge in [0.15, 0.2) is 5.76 Å². The van der Waals surface area contributed by atoms with E-state index in [0.717, 1.165) is 15.9 Å². The number of rotatable bonds is 1. The summed E-state index contributed by atoms with van der Waals surface area (Å²) in [6.45, 7) is 5.51. The van der Waals surface area contributed by atoms with Crippen molar-refractivity contribution < 1.29 is 14.4 Å². The Morgan fingerprint density at radius 1 is 1.25 bits per heavy atom. The second kappa shape index (κ2) is 3.83. The predicted molar refractivity (Wildman–Crippen MR) is 60.7 cm³/mol. The second-order valence-electron chi connectivity index (χ2n) is 3.79. The maximum Gasteiger partial charge on any atom is 0.431 e. The van der Waals surface area contributed by atoms with Crippen LogP contribution in [0.1, 0.15) is 17.0 Å². The Morgan fingerprint density at radius 2 is 1.94 bits per heavy atom. The quantitative estimate of drug-likeness (QED) is 0.613. The van der Waals surface area contributed by atoms with Gasteiger partial charge in [0, 0.05) is 13.8 Å². The molecule has 16 heavy (non-hydrogen) atoms. The molecule has 84 valence electrons. The highest BCUT2D eigenvalue weighted by Gasteiger charge is 2.28. The van der Waals surface area contributed by atoms with Gasteiger partial charge < -0.3 is 4.42 Å². The molecule has 0 bridgehead atoms. The number of hydrogen-bond acceptors (Lipinski definition) is 2. The van der Waals surface area contributed by atoms with Crippen LogP contribution in [0.5, 0.6) is 0 Å². The number of aromatic nitrogens is 1. The minimum Gasteiger partial charge on any atom is -0.399 e. The molecule has 4 heteroatoms. The Hall–Kier alpha value is -1.48. The Labute approximate surface area is 98.9 Å². The first-order chi connectivity index (χ1) is 7.52. The first kappa shape index (κ1) is 11.0. The van der Waals surface area contributed by atoms with Crippen molar-refractivity contribution in [2.45, 2.75) is 20.8 Å². The fraction of sp³-hybridized carbons (Fsp3) is 0.250. The standard InChI is InChI=1S/C12H13ClNO2/c1-7-5-4-6-10(13)11(7)12-14(15)8(2)9(3)16-12/h4-6,15H,1-3H3/q+1. The van der Waals surface area contributed by atoms with Crippen LogP contribution in [0.4, 0.5) is 0 Å². The minimum atomic E-state index is 0.373. The van der Waals surface area contributed by atoms with Crippen LogP contribution in [0.2, 0.25) is 5.02 Å². The number of benzene rings is 1. The molecule has 0 fully saturated rings. The smallest absolute Gasteiger partial charge is 0.399 e. The summed E-state index contributed by atoms with van der Waals surface area (Å²) in [4.78, 5) is 0. The molecule has 0 aliphatic carbocycles. The van der Waals surface area contributed by atoms with E-state index in [1.54, 1.807) is 19.9 Å². The molecule has 1 aromatic heterocycles. The molecule has 0 saturated carbocycles. The van der Waals surface area contributed by atoms with Crippen molar-refractivity contribution in [1.82, 2.24) is 0 Å². The molecular weight excluding hydrogens is 226 g/mol. The molecule has 0 spiro atoms. The van der Waals surface area contributed by atoms with Crippen molar-refractivity contribution in [1.29, 1.82) is 0 Å². The van der Waals surface area contributed by atoms with Crippen molar-refractivity contribution in [3.8, 4) is 11.5 Å². The van der Waals surface area contributed by atoms with Crippen LogP contribution in [0.15, 0.2) is 22.6 Å². The van der Waals surface area contributed by atoms with Crippen molar-refractivity contribution in [2.75, 3.05) is 0 Å². The Balaban J connectivity index is 2.72. The van der Waals surface area contributed by atoms with E-state index in [0.29, 0.717) is 22.4 Å². The minimum absolute atomic E-state index is 0.373. The zero-order valence-corrected chi connectivity index (χ0v) is 10.2. The van der Waals surface area contributed by atoms with Crippen molar-refractivity contribution >= 4 is 11.6 Å². The maximum atomic E-state index is 9.88. The fourth-order valence-corrected chi connectivity index (χ4v) is 1.93. The summed E-state index contributed by atoms with van der Waals surface area (Å²) in [7, 11) is 0. The molecule has 1 N–H and O–H groups in total. The summed E-state index contributed by atoms with van der Waals surface area (Å²) < 4.78 is 6.55. The third kappa shape index (κ3) is 1.57. The van der Waals surface area contributed by atoms with Gasteiger partial charge in [-0.15, -0.1) is 0 Å². The summed E-state index contributed by atoms with van der Waals surface area (Å²) in [5, 5.41) is 10.5. The van der Waals surface area contributed by atoms with Crippen LogP contribution in [-0.2, 0) is 0 Å². The Morgan fingerprint density at radius 3 is 2.44 bits per heavy atom. The molecule has 0 amide bonds. The van der Waals surface area contributed by atoms with Gasteiger partial charge in [-0.1, -0.05) is 23.7 Å². The highest BCUT2D eigenvalue weighted by atomic mass is 35.5. The number of aryl methyl sites for hydroxylation is 2. The third-order valence-electron chi connectivity index (χ3n) is 2.71. The largest absolute Gasteiger partial charge is 0.431 e. The van der Waals surface area contributed by atoms with Gasteiger partial charge in [-0.25, -0.2) is 0 Å². The van der Waals surface area contributed by atoms with Gasteiger partial charge in [0.25, 0.3) is 5.69 Å². The average molecular weight is 239 g/mol. The maximum absolute atomic E-state index is 9.88. The monoisotopic (exact) mass is 238 g/mol. The van der Waals surface area contributed by atoms with Crippen molar-refractivity contribution in [2.24, 2.45) is 0 Å². The zero-order chi connectivity index (χ0) is 11.9. The van der Waals surface area contributed by atoms with Gasteiger partial charge in [0.2, 0.25) is 0 Å². The van der Waals surface area contributed by atoms with Gasteiger partial charge in [-0.05, 0) is 18.6 Å². The molecule has 3 nitrogen and oxygen atoms in total. The van der Waals surface area contributed by atoms with Crippen LogP contribution < -0.4 is 4.73 Å². The van der Waals surface area contributed by atoms with E-state index < -0.39 is 0 Å². The molecule has 0 unspecified atom stereocenters. The molecule has 0 aliphatic heterocycles. The lowest BCUT2D eigenvalue weighted by Gasteiger charge is -2.00. The normalized spacial score (nSPS) is 10.8. The summed E-state index contributed by atoms with van der Waals surface area (Å²) in [6, 6.07) is 5.57. The lowest BCUT2D eigenvalue weighted by atomic mass is 10.1. The van der Waals surface area contributed by atoms with Crippen LogP contribution in [0, 0.1) is 20.8 Å². The van der Waals surface area contributed by atoms with E-state index in [2.05, 4.69) is 0 Å². The van der Waals surface area contributed by atoms with Gasteiger partial charge in [0.05, 0.1) is 9.75 Å². The van der Waals surface area contributed by atoms with Crippen molar-refractivity contribution in [3.63, 3.8) is 0 Å². The van der Waals surface area contributed by atoms with Gasteiger partial charge in [0.1, 0.15) is 5.56 Å². The van der Waals surface area contributed by atoms with Crippen LogP contribution in [0.25, 0.3) is 11.5 Å². The van der Waals surface area contributed by atoms with E-state index in [1.807, 2.05) is 19.1 Å². The third-order valence-corrected chi connectivity index (χ3v) is 3.02. The van der Waals surface area contributed by atoms with Gasteiger partial charge >= 0.3 is 5.89 Å². The van der Waals surface area contributed by atoms with E-state index in [9.17, 15) is 5.21 Å². The van der Waals surface area contributed by atoms with Crippen LogP contribution in [-0.4, -0.2) is 5.21 Å². The molecule has 0 radical (unpaired) electrons. The Bertz CT molecular complexity index is 526. The highest BCUT2D eigenvalue weighted by molar-refractivity contribution is 6.33. The highest BCUT2D eigenvalue weighted by Crippen LogP contribution is 2.30. The van der Waals surface area contributed by atoms with Crippen LogP contribution >= 0.6 is 11.6 Å². The van der Waals surface area contributed by atoms with Crippen LogP contribution in [0.3, 0.4) is 0 Å². The summed E-state index contributed by atoms with van der Waals surface area (Å²) in [5.41, 5.74) is 2.36. The first-order valence-electron chi connectivity index (χ1n) is 4.99. The molecule has 2 rings (SSSR count). The molecule has 2 aromatic rings. The molecule has 1 aromatic carbocycles. The first-order valence-corrected chi connectivity index (χ1v) is 5.37. The summed E-state index contributed by atoms with van der Waals surface area (Å²) in [6.07, 6.45) is 0. The molecule has 0 atom stereocenters. The number of oxazole rings is 1. The topological polar surface area (TPSA) is 37.2 Å². The lowest BCUT2D eigenvalue weighted by molar-refractivity contribution is -0.901. The SMILES string of the molecule is Cc1cccc(Cl)c1-c1oc(C)c(C)[n+]1O. The zero-order valence-electron chi connectivity index (χ0n) is 9.41. The summed E-state index contributed by atoms with van der Waals surface area (Å²) in [5.74, 6) is 1.05. The Kier molecular flexibility index (Phi) is 2.64. The molecule has 1 heterocycles.